The maximum atomic E-state index is 5.87. The van der Waals surface area contributed by atoms with Gasteiger partial charge in [-0.1, -0.05) is 0 Å². The molecule has 5 heteroatoms. The summed E-state index contributed by atoms with van der Waals surface area (Å²) in [5, 5.41) is 0. The predicted molar refractivity (Wildman–Crippen MR) is 62.2 cm³/mol. The average Bonchev–Trinajstić information content (AvgIpc) is 2.37. The van der Waals surface area contributed by atoms with Crippen LogP contribution in [-0.2, 0) is 9.31 Å². The van der Waals surface area contributed by atoms with E-state index in [1.165, 1.54) is 0 Å². The molecule has 1 aliphatic rings. The first-order valence-corrected chi connectivity index (χ1v) is 5.31. The molecule has 2 heterocycles. The summed E-state index contributed by atoms with van der Waals surface area (Å²) in [7, 11) is -0.398. The summed E-state index contributed by atoms with van der Waals surface area (Å²) < 4.78 is 11.7. The van der Waals surface area contributed by atoms with Crippen LogP contribution in [0, 0.1) is 6.92 Å². The first-order valence-electron chi connectivity index (χ1n) is 5.31. The Morgan fingerprint density at radius 2 is 1.50 bits per heavy atom. The van der Waals surface area contributed by atoms with Gasteiger partial charge in [-0.25, -0.2) is 0 Å². The van der Waals surface area contributed by atoms with Gasteiger partial charge in [0, 0.05) is 17.9 Å². The molecule has 0 N–H and O–H groups in total. The number of aromatic nitrogens is 2. The summed E-state index contributed by atoms with van der Waals surface area (Å²) in [6, 6.07) is 0. The normalized spacial score (nSPS) is 22.4. The molecule has 0 aromatic carbocycles. The molecule has 0 aliphatic carbocycles. The Morgan fingerprint density at radius 3 is 1.94 bits per heavy atom. The largest absolute Gasteiger partial charge is 0.498 e. The number of rotatable bonds is 1. The average molecular weight is 219 g/mol. The van der Waals surface area contributed by atoms with Crippen LogP contribution in [0.25, 0.3) is 0 Å². The maximum absolute atomic E-state index is 5.87. The second-order valence-corrected chi connectivity index (χ2v) is 5.02. The second-order valence-electron chi connectivity index (χ2n) is 5.02. The van der Waals surface area contributed by atoms with Crippen molar-refractivity contribution < 1.29 is 9.31 Å². The maximum Gasteiger partial charge on any atom is 0.498 e. The molecule has 1 saturated heterocycles. The third-order valence-corrected chi connectivity index (χ3v) is 3.25. The third kappa shape index (κ3) is 1.81. The summed E-state index contributed by atoms with van der Waals surface area (Å²) in [6.45, 7) is 11.7. The van der Waals surface area contributed by atoms with Gasteiger partial charge in [0.05, 0.1) is 11.2 Å². The molecule has 0 bridgehead atoms. The Bertz CT molecular complexity index is 373. The zero-order valence-corrected chi connectivity index (χ0v) is 10.2. The van der Waals surface area contributed by atoms with Gasteiger partial charge in [-0.3, -0.25) is 0 Å². The molecule has 2 rings (SSSR count). The SMILES string of the molecule is [CH2+]c1ncc(B2OC(C)(C)C(C)(C)O2)cn1. The lowest BCUT2D eigenvalue weighted by Crippen LogP contribution is -2.41. The van der Waals surface area contributed by atoms with E-state index in [-0.39, 0.29) is 11.2 Å². The zero-order chi connectivity index (χ0) is 12.0. The molecule has 0 spiro atoms. The van der Waals surface area contributed by atoms with Crippen molar-refractivity contribution in [1.82, 2.24) is 9.97 Å². The van der Waals surface area contributed by atoms with E-state index in [1.807, 2.05) is 27.7 Å². The Labute approximate surface area is 96.5 Å². The Morgan fingerprint density at radius 1 is 1.06 bits per heavy atom. The van der Waals surface area contributed by atoms with Crippen LogP contribution in [0.3, 0.4) is 0 Å². The fourth-order valence-electron chi connectivity index (χ4n) is 1.47. The van der Waals surface area contributed by atoms with E-state index in [4.69, 9.17) is 9.31 Å². The monoisotopic (exact) mass is 219 g/mol. The summed E-state index contributed by atoms with van der Waals surface area (Å²) in [4.78, 5) is 8.07. The molecule has 0 amide bonds. The standard InChI is InChI=1S/C11H16BN2O2/c1-8-13-6-9(7-14-8)12-15-10(2,3)11(4,5)16-12/h6-7H,1H2,2-5H3/q+1. The van der Waals surface area contributed by atoms with Crippen molar-refractivity contribution in [3.63, 3.8) is 0 Å². The van der Waals surface area contributed by atoms with Crippen molar-refractivity contribution in [2.45, 2.75) is 38.9 Å². The predicted octanol–water partition coefficient (Wildman–Crippen LogP) is 0.958. The van der Waals surface area contributed by atoms with E-state index in [9.17, 15) is 0 Å². The Hall–Kier alpha value is -1.07. The lowest BCUT2D eigenvalue weighted by molar-refractivity contribution is 0.00578. The lowest BCUT2D eigenvalue weighted by atomic mass is 9.81. The molecular weight excluding hydrogens is 203 g/mol. The van der Waals surface area contributed by atoms with Crippen molar-refractivity contribution in [2.24, 2.45) is 0 Å². The van der Waals surface area contributed by atoms with Crippen LogP contribution >= 0.6 is 0 Å². The van der Waals surface area contributed by atoms with Crippen molar-refractivity contribution in [3.8, 4) is 0 Å². The number of hydrogen-bond donors (Lipinski definition) is 0. The highest BCUT2D eigenvalue weighted by Gasteiger charge is 2.51. The summed E-state index contributed by atoms with van der Waals surface area (Å²) >= 11 is 0. The molecule has 0 unspecified atom stereocenters. The van der Waals surface area contributed by atoms with Gasteiger partial charge in [0.1, 0.15) is 6.92 Å². The second kappa shape index (κ2) is 3.47. The molecule has 84 valence electrons. The van der Waals surface area contributed by atoms with Gasteiger partial charge >= 0.3 is 12.9 Å². The topological polar surface area (TPSA) is 44.2 Å². The van der Waals surface area contributed by atoms with E-state index in [0.717, 1.165) is 5.46 Å². The van der Waals surface area contributed by atoms with Crippen LogP contribution in [-0.4, -0.2) is 28.3 Å². The number of nitrogens with zero attached hydrogens (tertiary/aromatic N) is 2. The van der Waals surface area contributed by atoms with E-state index < -0.39 is 7.12 Å². The van der Waals surface area contributed by atoms with Crippen LogP contribution in [0.4, 0.5) is 0 Å². The molecule has 1 aromatic heterocycles. The van der Waals surface area contributed by atoms with E-state index >= 15 is 0 Å². The number of hydrogen-bond acceptors (Lipinski definition) is 4. The minimum absolute atomic E-state index is 0.333. The molecule has 0 atom stereocenters. The first-order chi connectivity index (χ1) is 7.32. The molecule has 1 fully saturated rings. The molecular formula is C11H16BN2O2+. The fraction of sp³-hybridized carbons (Fsp3) is 0.545. The van der Waals surface area contributed by atoms with Gasteiger partial charge in [0.25, 0.3) is 0 Å². The smallest absolute Gasteiger partial charge is 0.399 e. The zero-order valence-electron chi connectivity index (χ0n) is 10.2. The van der Waals surface area contributed by atoms with Gasteiger partial charge in [-0.2, -0.15) is 9.97 Å². The Balaban J connectivity index is 2.23. The van der Waals surface area contributed by atoms with Gasteiger partial charge in [0.15, 0.2) is 0 Å². The quantitative estimate of drug-likeness (QED) is 0.521. The molecule has 1 aliphatic heterocycles. The van der Waals surface area contributed by atoms with Crippen LogP contribution < -0.4 is 5.46 Å². The van der Waals surface area contributed by atoms with Crippen LogP contribution in [0.15, 0.2) is 12.4 Å². The first kappa shape index (κ1) is 11.4. The van der Waals surface area contributed by atoms with Gasteiger partial charge in [0.2, 0.25) is 0 Å². The van der Waals surface area contributed by atoms with Crippen LogP contribution in [0.5, 0.6) is 0 Å². The van der Waals surface area contributed by atoms with Crippen molar-refractivity contribution in [3.05, 3.63) is 25.1 Å². The molecule has 4 nitrogen and oxygen atoms in total. The molecule has 0 saturated carbocycles. The fourth-order valence-corrected chi connectivity index (χ4v) is 1.47. The third-order valence-electron chi connectivity index (χ3n) is 3.25. The van der Waals surface area contributed by atoms with Crippen molar-refractivity contribution >= 4 is 12.6 Å². The van der Waals surface area contributed by atoms with Crippen LogP contribution in [0.1, 0.15) is 33.5 Å². The highest BCUT2D eigenvalue weighted by atomic mass is 16.7. The lowest BCUT2D eigenvalue weighted by Gasteiger charge is -2.32. The van der Waals surface area contributed by atoms with E-state index in [1.54, 1.807) is 12.4 Å². The van der Waals surface area contributed by atoms with Crippen molar-refractivity contribution in [2.75, 3.05) is 0 Å². The molecule has 0 radical (unpaired) electrons. The summed E-state index contributed by atoms with van der Waals surface area (Å²) in [5.74, 6) is 0.500. The van der Waals surface area contributed by atoms with Crippen LogP contribution in [0.2, 0.25) is 0 Å². The van der Waals surface area contributed by atoms with E-state index in [0.29, 0.717) is 5.82 Å². The molecule has 1 aromatic rings. The summed E-state index contributed by atoms with van der Waals surface area (Å²) in [5.41, 5.74) is 0.160. The van der Waals surface area contributed by atoms with Gasteiger partial charge in [-0.15, -0.1) is 0 Å². The highest BCUT2D eigenvalue weighted by molar-refractivity contribution is 6.61. The Kier molecular flexibility index (Phi) is 2.47. The highest BCUT2D eigenvalue weighted by Crippen LogP contribution is 2.36. The van der Waals surface area contributed by atoms with E-state index in [2.05, 4.69) is 16.9 Å². The van der Waals surface area contributed by atoms with Crippen molar-refractivity contribution in [1.29, 1.82) is 0 Å². The minimum atomic E-state index is -0.398. The van der Waals surface area contributed by atoms with Gasteiger partial charge < -0.3 is 9.31 Å². The minimum Gasteiger partial charge on any atom is -0.399 e. The van der Waals surface area contributed by atoms with Gasteiger partial charge in [-0.05, 0) is 27.7 Å². The molecule has 16 heavy (non-hydrogen) atoms. The summed E-state index contributed by atoms with van der Waals surface area (Å²) in [6.07, 6.45) is 3.38.